The van der Waals surface area contributed by atoms with Crippen LogP contribution in [0, 0.1) is 0 Å². The maximum Gasteiger partial charge on any atom is 0.161 e. The summed E-state index contributed by atoms with van der Waals surface area (Å²) in [5.41, 5.74) is 0. The molecular formula is C12H18BrNO2. The molecule has 1 aromatic rings. The predicted molar refractivity (Wildman–Crippen MR) is 69.7 cm³/mol. The normalized spacial score (nSPS) is 12.2. The van der Waals surface area contributed by atoms with Crippen molar-refractivity contribution in [3.05, 3.63) is 24.3 Å². The zero-order valence-electron chi connectivity index (χ0n) is 9.70. The van der Waals surface area contributed by atoms with Crippen molar-refractivity contribution >= 4 is 15.9 Å². The molecule has 0 aliphatic carbocycles. The Kier molecular flexibility index (Phi) is 6.26. The van der Waals surface area contributed by atoms with Gasteiger partial charge < -0.3 is 14.8 Å². The molecule has 1 aromatic carbocycles. The second-order valence-corrected chi connectivity index (χ2v) is 4.16. The summed E-state index contributed by atoms with van der Waals surface area (Å²) in [5, 5.41) is 4.27. The van der Waals surface area contributed by atoms with Crippen molar-refractivity contribution in [3.8, 4) is 11.5 Å². The van der Waals surface area contributed by atoms with Gasteiger partial charge in [0.25, 0.3) is 0 Å². The second kappa shape index (κ2) is 7.52. The van der Waals surface area contributed by atoms with E-state index in [0.717, 1.165) is 23.4 Å². The van der Waals surface area contributed by atoms with Crippen LogP contribution in [0.4, 0.5) is 0 Å². The first-order valence-corrected chi connectivity index (χ1v) is 6.45. The van der Waals surface area contributed by atoms with Crippen molar-refractivity contribution in [2.75, 3.05) is 25.6 Å². The Labute approximate surface area is 105 Å². The number of alkyl halides is 1. The van der Waals surface area contributed by atoms with Gasteiger partial charge >= 0.3 is 0 Å². The van der Waals surface area contributed by atoms with E-state index in [9.17, 15) is 0 Å². The number of benzene rings is 1. The zero-order valence-corrected chi connectivity index (χ0v) is 11.3. The van der Waals surface area contributed by atoms with Crippen LogP contribution in [0.2, 0.25) is 0 Å². The maximum absolute atomic E-state index is 5.62. The molecule has 4 heteroatoms. The highest BCUT2D eigenvalue weighted by Gasteiger charge is 2.02. The molecule has 1 rings (SSSR count). The summed E-state index contributed by atoms with van der Waals surface area (Å²) in [6.45, 7) is 3.58. The van der Waals surface area contributed by atoms with Crippen molar-refractivity contribution in [1.29, 1.82) is 0 Å². The number of hydrogen-bond donors (Lipinski definition) is 1. The average molecular weight is 288 g/mol. The van der Waals surface area contributed by atoms with Crippen LogP contribution in [-0.2, 0) is 0 Å². The molecule has 1 atom stereocenters. The number of nitrogens with one attached hydrogen (secondary N) is 1. The molecule has 1 N–H and O–H groups in total. The van der Waals surface area contributed by atoms with Gasteiger partial charge in [0.05, 0.1) is 7.11 Å². The van der Waals surface area contributed by atoms with Crippen molar-refractivity contribution in [3.63, 3.8) is 0 Å². The van der Waals surface area contributed by atoms with Crippen LogP contribution in [-0.4, -0.2) is 31.6 Å². The molecular weight excluding hydrogens is 270 g/mol. The van der Waals surface area contributed by atoms with E-state index >= 15 is 0 Å². The minimum atomic E-state index is 0.460. The number of rotatable bonds is 7. The Morgan fingerprint density at radius 1 is 1.31 bits per heavy atom. The van der Waals surface area contributed by atoms with Crippen LogP contribution in [0.3, 0.4) is 0 Å². The lowest BCUT2D eigenvalue weighted by Crippen LogP contribution is -2.31. The topological polar surface area (TPSA) is 30.5 Å². The first kappa shape index (κ1) is 13.3. The Balaban J connectivity index is 2.31. The molecule has 1 unspecified atom stereocenters. The van der Waals surface area contributed by atoms with Crippen LogP contribution in [0.15, 0.2) is 24.3 Å². The maximum atomic E-state index is 5.62. The van der Waals surface area contributed by atoms with Crippen molar-refractivity contribution in [1.82, 2.24) is 5.32 Å². The number of methoxy groups -OCH3 is 1. The molecule has 0 amide bonds. The number of halogens is 1. The third-order valence-electron chi connectivity index (χ3n) is 2.15. The lowest BCUT2D eigenvalue weighted by Gasteiger charge is -2.13. The van der Waals surface area contributed by atoms with Gasteiger partial charge in [0.15, 0.2) is 11.5 Å². The minimum Gasteiger partial charge on any atom is -0.493 e. The van der Waals surface area contributed by atoms with Crippen molar-refractivity contribution in [2.24, 2.45) is 0 Å². The van der Waals surface area contributed by atoms with E-state index in [1.165, 1.54) is 0 Å². The molecule has 90 valence electrons. The average Bonchev–Trinajstić information content (AvgIpc) is 2.34. The van der Waals surface area contributed by atoms with Gasteiger partial charge in [-0.15, -0.1) is 0 Å². The quantitative estimate of drug-likeness (QED) is 0.617. The summed E-state index contributed by atoms with van der Waals surface area (Å²) in [7, 11) is 1.65. The Hall–Kier alpha value is -0.740. The summed E-state index contributed by atoms with van der Waals surface area (Å²) in [6.07, 6.45) is 0. The Morgan fingerprint density at radius 3 is 2.62 bits per heavy atom. The fourth-order valence-electron chi connectivity index (χ4n) is 1.26. The molecule has 0 saturated carbocycles. The van der Waals surface area contributed by atoms with Crippen LogP contribution in [0.1, 0.15) is 6.92 Å². The smallest absolute Gasteiger partial charge is 0.161 e. The van der Waals surface area contributed by atoms with E-state index in [-0.39, 0.29) is 0 Å². The van der Waals surface area contributed by atoms with E-state index in [1.54, 1.807) is 7.11 Å². The van der Waals surface area contributed by atoms with E-state index in [1.807, 2.05) is 24.3 Å². The third kappa shape index (κ3) is 4.41. The molecule has 16 heavy (non-hydrogen) atoms. The fourth-order valence-corrected chi connectivity index (χ4v) is 1.49. The summed E-state index contributed by atoms with van der Waals surface area (Å²) in [5.74, 6) is 1.56. The number of ether oxygens (including phenoxy) is 2. The molecule has 0 aromatic heterocycles. The highest BCUT2D eigenvalue weighted by atomic mass is 79.9. The minimum absolute atomic E-state index is 0.460. The molecule has 0 spiro atoms. The molecule has 0 radical (unpaired) electrons. The zero-order chi connectivity index (χ0) is 11.8. The predicted octanol–water partition coefficient (Wildman–Crippen LogP) is 2.45. The summed E-state index contributed by atoms with van der Waals surface area (Å²) in [6, 6.07) is 8.13. The lowest BCUT2D eigenvalue weighted by atomic mass is 10.3. The number of para-hydroxylation sites is 2. The lowest BCUT2D eigenvalue weighted by molar-refractivity contribution is 0.289. The van der Waals surface area contributed by atoms with E-state index in [2.05, 4.69) is 28.2 Å². The Morgan fingerprint density at radius 2 is 2.00 bits per heavy atom. The van der Waals surface area contributed by atoms with Gasteiger partial charge in [-0.25, -0.2) is 0 Å². The molecule has 3 nitrogen and oxygen atoms in total. The van der Waals surface area contributed by atoms with Gasteiger partial charge in [-0.05, 0) is 19.1 Å². The summed E-state index contributed by atoms with van der Waals surface area (Å²) < 4.78 is 10.8. The third-order valence-corrected chi connectivity index (χ3v) is 3.12. The second-order valence-electron chi connectivity index (χ2n) is 3.51. The largest absolute Gasteiger partial charge is 0.493 e. The molecule has 0 bridgehead atoms. The fraction of sp³-hybridized carbons (Fsp3) is 0.500. The van der Waals surface area contributed by atoms with Gasteiger partial charge in [-0.2, -0.15) is 0 Å². The van der Waals surface area contributed by atoms with E-state index in [4.69, 9.17) is 9.47 Å². The highest BCUT2D eigenvalue weighted by Crippen LogP contribution is 2.25. The first-order chi connectivity index (χ1) is 7.77. The van der Waals surface area contributed by atoms with Gasteiger partial charge in [0.1, 0.15) is 6.61 Å². The summed E-state index contributed by atoms with van der Waals surface area (Å²) in [4.78, 5) is 0. The van der Waals surface area contributed by atoms with E-state index in [0.29, 0.717) is 12.6 Å². The number of hydrogen-bond acceptors (Lipinski definition) is 3. The molecule has 0 aliphatic heterocycles. The molecule has 0 aliphatic rings. The first-order valence-electron chi connectivity index (χ1n) is 5.33. The van der Waals surface area contributed by atoms with Gasteiger partial charge in [-0.3, -0.25) is 0 Å². The van der Waals surface area contributed by atoms with Crippen molar-refractivity contribution in [2.45, 2.75) is 13.0 Å². The summed E-state index contributed by atoms with van der Waals surface area (Å²) >= 11 is 3.41. The van der Waals surface area contributed by atoms with Crippen LogP contribution < -0.4 is 14.8 Å². The standard InChI is InChI=1S/C12H18BrNO2/c1-10(9-13)14-7-8-16-12-6-4-3-5-11(12)15-2/h3-6,10,14H,7-9H2,1-2H3. The Bertz CT molecular complexity index is 307. The molecule has 0 fully saturated rings. The van der Waals surface area contributed by atoms with Gasteiger partial charge in [0, 0.05) is 17.9 Å². The molecule has 0 heterocycles. The van der Waals surface area contributed by atoms with Crippen LogP contribution >= 0.6 is 15.9 Å². The monoisotopic (exact) mass is 287 g/mol. The highest BCUT2D eigenvalue weighted by molar-refractivity contribution is 9.09. The molecule has 0 saturated heterocycles. The van der Waals surface area contributed by atoms with Crippen LogP contribution in [0.25, 0.3) is 0 Å². The van der Waals surface area contributed by atoms with Gasteiger partial charge in [-0.1, -0.05) is 28.1 Å². The van der Waals surface area contributed by atoms with E-state index < -0.39 is 0 Å². The SMILES string of the molecule is COc1ccccc1OCCNC(C)CBr. The van der Waals surface area contributed by atoms with Gasteiger partial charge in [0.2, 0.25) is 0 Å². The van der Waals surface area contributed by atoms with Crippen molar-refractivity contribution < 1.29 is 9.47 Å². The van der Waals surface area contributed by atoms with Crippen LogP contribution in [0.5, 0.6) is 11.5 Å².